The summed E-state index contributed by atoms with van der Waals surface area (Å²) in [5.41, 5.74) is 2.46. The molecule has 1 saturated heterocycles. The van der Waals surface area contributed by atoms with E-state index in [0.717, 1.165) is 13.1 Å². The second-order valence-corrected chi connectivity index (χ2v) is 5.81. The van der Waals surface area contributed by atoms with Gasteiger partial charge in [-0.3, -0.25) is 5.32 Å². The number of hydrogen-bond acceptors (Lipinski definition) is 4. The Morgan fingerprint density at radius 3 is 2.58 bits per heavy atom. The Morgan fingerprint density at radius 2 is 1.88 bits per heavy atom. The van der Waals surface area contributed by atoms with E-state index in [1.54, 1.807) is 25.3 Å². The van der Waals surface area contributed by atoms with Gasteiger partial charge in [-0.05, 0) is 30.7 Å². The van der Waals surface area contributed by atoms with Gasteiger partial charge < -0.3 is 14.5 Å². The highest BCUT2D eigenvalue weighted by atomic mass is 16.5. The topological polar surface area (TPSA) is 57.7 Å². The molecule has 6 heteroatoms. The maximum absolute atomic E-state index is 12.4. The van der Waals surface area contributed by atoms with Crippen LogP contribution >= 0.6 is 0 Å². The van der Waals surface area contributed by atoms with Crippen molar-refractivity contribution in [2.24, 2.45) is 0 Å². The molecular weight excluding hydrogens is 304 g/mol. The Balaban J connectivity index is 1.57. The average Bonchev–Trinajstić information content (AvgIpc) is 2.62. The first-order valence-corrected chi connectivity index (χ1v) is 8.04. The minimum absolute atomic E-state index is 0.125. The number of nitrogens with one attached hydrogen (secondary N) is 1. The Kier molecular flexibility index (Phi) is 4.84. The molecule has 0 bridgehead atoms. The molecule has 2 heterocycles. The predicted octanol–water partition coefficient (Wildman–Crippen LogP) is 2.75. The van der Waals surface area contributed by atoms with Gasteiger partial charge in [0.15, 0.2) is 0 Å². The second-order valence-electron chi connectivity index (χ2n) is 5.81. The molecule has 2 aromatic rings. The second kappa shape index (κ2) is 7.21. The summed E-state index contributed by atoms with van der Waals surface area (Å²) >= 11 is 0. The summed E-state index contributed by atoms with van der Waals surface area (Å²) in [4.78, 5) is 20.7. The number of urea groups is 1. The Morgan fingerprint density at radius 1 is 1.12 bits per heavy atom. The van der Waals surface area contributed by atoms with E-state index in [1.807, 2.05) is 4.90 Å². The van der Waals surface area contributed by atoms with Gasteiger partial charge in [-0.2, -0.15) is 4.98 Å². The van der Waals surface area contributed by atoms with Crippen LogP contribution in [0.2, 0.25) is 0 Å². The minimum atomic E-state index is -0.125. The molecule has 1 aromatic carbocycles. The van der Waals surface area contributed by atoms with Crippen LogP contribution in [0, 0.1) is 6.92 Å². The number of ether oxygens (including phenoxy) is 1. The standard InChI is InChI=1S/C18H22N4O2/c1-14-5-3-6-15(13-14)21-9-11-22(12-10-21)18(23)20-16-7-4-8-17(19-16)24-2/h3-8,13H,9-12H2,1-2H3,(H,19,20,23). The first kappa shape index (κ1) is 16.1. The van der Waals surface area contributed by atoms with Crippen molar-refractivity contribution in [1.82, 2.24) is 9.88 Å². The Labute approximate surface area is 142 Å². The number of amides is 2. The molecule has 6 nitrogen and oxygen atoms in total. The fraction of sp³-hybridized carbons (Fsp3) is 0.333. The largest absolute Gasteiger partial charge is 0.481 e. The normalized spacial score (nSPS) is 14.4. The van der Waals surface area contributed by atoms with E-state index in [0.29, 0.717) is 24.8 Å². The number of benzene rings is 1. The lowest BCUT2D eigenvalue weighted by Gasteiger charge is -2.36. The number of anilines is 2. The Hall–Kier alpha value is -2.76. The van der Waals surface area contributed by atoms with Crippen molar-refractivity contribution in [2.45, 2.75) is 6.92 Å². The molecule has 0 radical (unpaired) electrons. The number of methoxy groups -OCH3 is 1. The van der Waals surface area contributed by atoms with Crippen molar-refractivity contribution in [3.63, 3.8) is 0 Å². The molecule has 1 aliphatic heterocycles. The van der Waals surface area contributed by atoms with Crippen LogP contribution in [0.4, 0.5) is 16.3 Å². The highest BCUT2D eigenvalue weighted by Crippen LogP contribution is 2.18. The van der Waals surface area contributed by atoms with E-state index >= 15 is 0 Å². The van der Waals surface area contributed by atoms with Crippen LogP contribution in [0.15, 0.2) is 42.5 Å². The molecule has 1 N–H and O–H groups in total. The summed E-state index contributed by atoms with van der Waals surface area (Å²) in [5, 5.41) is 2.83. The van der Waals surface area contributed by atoms with Gasteiger partial charge >= 0.3 is 6.03 Å². The lowest BCUT2D eigenvalue weighted by molar-refractivity contribution is 0.208. The van der Waals surface area contributed by atoms with Crippen LogP contribution in [0.3, 0.4) is 0 Å². The van der Waals surface area contributed by atoms with Crippen molar-refractivity contribution in [2.75, 3.05) is 43.5 Å². The zero-order valence-corrected chi connectivity index (χ0v) is 14.0. The number of pyridine rings is 1. The molecule has 1 aliphatic rings. The maximum atomic E-state index is 12.4. The number of carbonyl (C=O) groups excluding carboxylic acids is 1. The van der Waals surface area contributed by atoms with Crippen LogP contribution in [0.1, 0.15) is 5.56 Å². The van der Waals surface area contributed by atoms with Gasteiger partial charge in [0, 0.05) is 37.9 Å². The number of hydrogen-bond donors (Lipinski definition) is 1. The molecule has 0 saturated carbocycles. The molecule has 126 valence electrons. The number of nitrogens with zero attached hydrogens (tertiary/aromatic N) is 3. The molecule has 0 spiro atoms. The van der Waals surface area contributed by atoms with Crippen molar-refractivity contribution < 1.29 is 9.53 Å². The summed E-state index contributed by atoms with van der Waals surface area (Å²) in [5.74, 6) is 0.984. The van der Waals surface area contributed by atoms with E-state index in [2.05, 4.69) is 46.4 Å². The molecule has 1 fully saturated rings. The van der Waals surface area contributed by atoms with Gasteiger partial charge in [-0.1, -0.05) is 18.2 Å². The number of carbonyl (C=O) groups is 1. The zero-order chi connectivity index (χ0) is 16.9. The van der Waals surface area contributed by atoms with Gasteiger partial charge in [-0.25, -0.2) is 4.79 Å². The van der Waals surface area contributed by atoms with Crippen molar-refractivity contribution in [3.8, 4) is 5.88 Å². The first-order chi connectivity index (χ1) is 11.7. The fourth-order valence-electron chi connectivity index (χ4n) is 2.78. The van der Waals surface area contributed by atoms with Crippen LogP contribution in [-0.4, -0.2) is 49.2 Å². The molecule has 0 atom stereocenters. The van der Waals surface area contributed by atoms with Crippen LogP contribution in [-0.2, 0) is 0 Å². The van der Waals surface area contributed by atoms with E-state index in [1.165, 1.54) is 11.3 Å². The fourth-order valence-corrected chi connectivity index (χ4v) is 2.78. The highest BCUT2D eigenvalue weighted by molar-refractivity contribution is 5.88. The van der Waals surface area contributed by atoms with Crippen LogP contribution in [0.25, 0.3) is 0 Å². The van der Waals surface area contributed by atoms with E-state index < -0.39 is 0 Å². The monoisotopic (exact) mass is 326 g/mol. The number of aromatic nitrogens is 1. The maximum Gasteiger partial charge on any atom is 0.323 e. The molecule has 0 unspecified atom stereocenters. The smallest absolute Gasteiger partial charge is 0.323 e. The third-order valence-electron chi connectivity index (χ3n) is 4.10. The Bertz CT molecular complexity index is 712. The van der Waals surface area contributed by atoms with E-state index in [4.69, 9.17) is 4.74 Å². The van der Waals surface area contributed by atoms with Gasteiger partial charge in [-0.15, -0.1) is 0 Å². The van der Waals surface area contributed by atoms with Crippen LogP contribution < -0.4 is 15.0 Å². The van der Waals surface area contributed by atoms with Gasteiger partial charge in [0.05, 0.1) is 7.11 Å². The summed E-state index contributed by atoms with van der Waals surface area (Å²) in [6, 6.07) is 13.6. The predicted molar refractivity (Wildman–Crippen MR) is 94.8 cm³/mol. The van der Waals surface area contributed by atoms with E-state index in [-0.39, 0.29) is 6.03 Å². The summed E-state index contributed by atoms with van der Waals surface area (Å²) in [7, 11) is 1.55. The van der Waals surface area contributed by atoms with Crippen molar-refractivity contribution in [3.05, 3.63) is 48.0 Å². The molecule has 1 aromatic heterocycles. The van der Waals surface area contributed by atoms with Gasteiger partial charge in [0.2, 0.25) is 5.88 Å². The summed E-state index contributed by atoms with van der Waals surface area (Å²) in [6.07, 6.45) is 0. The van der Waals surface area contributed by atoms with Gasteiger partial charge in [0.25, 0.3) is 0 Å². The van der Waals surface area contributed by atoms with Gasteiger partial charge in [0.1, 0.15) is 5.82 Å². The first-order valence-electron chi connectivity index (χ1n) is 8.04. The number of aryl methyl sites for hydroxylation is 1. The summed E-state index contributed by atoms with van der Waals surface area (Å²) in [6.45, 7) is 5.10. The lowest BCUT2D eigenvalue weighted by Crippen LogP contribution is -2.50. The summed E-state index contributed by atoms with van der Waals surface area (Å²) < 4.78 is 5.07. The SMILES string of the molecule is COc1cccc(NC(=O)N2CCN(c3cccc(C)c3)CC2)n1. The molecule has 0 aliphatic carbocycles. The van der Waals surface area contributed by atoms with Crippen LogP contribution in [0.5, 0.6) is 5.88 Å². The van der Waals surface area contributed by atoms with Crippen molar-refractivity contribution >= 4 is 17.5 Å². The third kappa shape index (κ3) is 3.76. The highest BCUT2D eigenvalue weighted by Gasteiger charge is 2.21. The van der Waals surface area contributed by atoms with E-state index in [9.17, 15) is 4.79 Å². The third-order valence-corrected chi connectivity index (χ3v) is 4.10. The lowest BCUT2D eigenvalue weighted by atomic mass is 10.2. The molecule has 2 amide bonds. The van der Waals surface area contributed by atoms with Crippen molar-refractivity contribution in [1.29, 1.82) is 0 Å². The quantitative estimate of drug-likeness (QED) is 0.942. The minimum Gasteiger partial charge on any atom is -0.481 e. The number of piperazine rings is 1. The molecule has 3 rings (SSSR count). The average molecular weight is 326 g/mol. The number of rotatable bonds is 3. The zero-order valence-electron chi connectivity index (χ0n) is 14.0. The molecule has 24 heavy (non-hydrogen) atoms. The molecular formula is C18H22N4O2.